The van der Waals surface area contributed by atoms with Crippen LogP contribution in [-0.2, 0) is 0 Å². The number of aromatic nitrogens is 2. The number of rotatable bonds is 2. The summed E-state index contributed by atoms with van der Waals surface area (Å²) in [5.41, 5.74) is 11.4. The van der Waals surface area contributed by atoms with E-state index in [0.717, 1.165) is 53.9 Å². The molecule has 0 amide bonds. The van der Waals surface area contributed by atoms with Gasteiger partial charge in [-0.25, -0.2) is 4.39 Å². The standard InChI is InChI=1S/C24H26FN5O/c1-13-4-7-17(25)19-21(26)20(24(31)28-22(13)19)23-14(2)16-6-5-15(12-18(16)27-23)30-10-8-29(3)9-11-30/h4-7,12,27H,8-11H2,1-3H3,(H3,26,28,31). The minimum absolute atomic E-state index is 0.161. The Bertz CT molecular complexity index is 1380. The number of anilines is 2. The van der Waals surface area contributed by atoms with Gasteiger partial charge in [0, 0.05) is 42.8 Å². The van der Waals surface area contributed by atoms with Crippen molar-refractivity contribution < 1.29 is 4.39 Å². The maximum absolute atomic E-state index is 14.6. The van der Waals surface area contributed by atoms with Gasteiger partial charge in [0.05, 0.1) is 27.8 Å². The molecule has 1 fully saturated rings. The molecular weight excluding hydrogens is 393 g/mol. The Morgan fingerprint density at radius 1 is 1.03 bits per heavy atom. The molecular formula is C24H26FN5O. The summed E-state index contributed by atoms with van der Waals surface area (Å²) in [6.45, 7) is 7.79. The highest BCUT2D eigenvalue weighted by Gasteiger charge is 2.21. The molecule has 0 atom stereocenters. The molecule has 0 saturated carbocycles. The third-order valence-corrected chi connectivity index (χ3v) is 6.53. The molecule has 31 heavy (non-hydrogen) atoms. The van der Waals surface area contributed by atoms with Crippen molar-refractivity contribution in [3.63, 3.8) is 0 Å². The number of aryl methyl sites for hydroxylation is 2. The number of hydrogen-bond acceptors (Lipinski definition) is 4. The van der Waals surface area contributed by atoms with E-state index >= 15 is 0 Å². The van der Waals surface area contributed by atoms with E-state index in [-0.39, 0.29) is 22.2 Å². The van der Waals surface area contributed by atoms with Crippen LogP contribution in [0.4, 0.5) is 15.8 Å². The molecule has 0 unspecified atom stereocenters. The van der Waals surface area contributed by atoms with Crippen LogP contribution in [0.2, 0.25) is 0 Å². The third-order valence-electron chi connectivity index (χ3n) is 6.53. The van der Waals surface area contributed by atoms with Gasteiger partial charge in [-0.1, -0.05) is 12.1 Å². The first-order valence-corrected chi connectivity index (χ1v) is 10.5. The topological polar surface area (TPSA) is 81.1 Å². The molecule has 2 aromatic heterocycles. The number of fused-ring (bicyclic) bond motifs is 2. The number of nitrogens with one attached hydrogen (secondary N) is 2. The van der Waals surface area contributed by atoms with Gasteiger partial charge in [0.2, 0.25) is 0 Å². The van der Waals surface area contributed by atoms with E-state index in [9.17, 15) is 9.18 Å². The first-order valence-electron chi connectivity index (χ1n) is 10.5. The zero-order valence-corrected chi connectivity index (χ0v) is 18.0. The van der Waals surface area contributed by atoms with E-state index in [1.165, 1.54) is 6.07 Å². The lowest BCUT2D eigenvalue weighted by Gasteiger charge is -2.34. The molecule has 160 valence electrons. The normalized spacial score (nSPS) is 15.3. The van der Waals surface area contributed by atoms with Crippen LogP contribution < -0.4 is 16.2 Å². The van der Waals surface area contributed by atoms with Crippen molar-refractivity contribution in [2.24, 2.45) is 0 Å². The van der Waals surface area contributed by atoms with E-state index in [2.05, 4.69) is 45.0 Å². The van der Waals surface area contributed by atoms with Crippen molar-refractivity contribution in [2.75, 3.05) is 43.9 Å². The second kappa shape index (κ2) is 7.13. The van der Waals surface area contributed by atoms with E-state index in [1.54, 1.807) is 6.07 Å². The summed E-state index contributed by atoms with van der Waals surface area (Å²) >= 11 is 0. The smallest absolute Gasteiger partial charge is 0.259 e. The van der Waals surface area contributed by atoms with Gasteiger partial charge >= 0.3 is 0 Å². The number of halogens is 1. The van der Waals surface area contributed by atoms with E-state index in [4.69, 9.17) is 5.73 Å². The second-order valence-electron chi connectivity index (χ2n) is 8.50. The monoisotopic (exact) mass is 419 g/mol. The van der Waals surface area contributed by atoms with Crippen LogP contribution in [0, 0.1) is 19.7 Å². The molecule has 2 aromatic carbocycles. The highest BCUT2D eigenvalue weighted by Crippen LogP contribution is 2.36. The lowest BCUT2D eigenvalue weighted by atomic mass is 10.0. The zero-order chi connectivity index (χ0) is 21.9. The first-order chi connectivity index (χ1) is 14.8. The molecule has 0 radical (unpaired) electrons. The van der Waals surface area contributed by atoms with Crippen molar-refractivity contribution >= 4 is 33.2 Å². The van der Waals surface area contributed by atoms with Gasteiger partial charge in [-0.2, -0.15) is 0 Å². The molecule has 3 heterocycles. The summed E-state index contributed by atoms with van der Waals surface area (Å²) in [4.78, 5) is 23.9. The fourth-order valence-electron chi connectivity index (χ4n) is 4.61. The number of H-pyrrole nitrogens is 2. The van der Waals surface area contributed by atoms with Crippen LogP contribution in [0.1, 0.15) is 11.1 Å². The number of likely N-dealkylation sites (N-methyl/N-ethyl adjacent to an activating group) is 1. The average molecular weight is 420 g/mol. The Kier molecular flexibility index (Phi) is 4.51. The molecule has 6 nitrogen and oxygen atoms in total. The van der Waals surface area contributed by atoms with Gasteiger partial charge in [-0.05, 0) is 50.2 Å². The Balaban J connectivity index is 1.67. The maximum Gasteiger partial charge on any atom is 0.259 e. The Morgan fingerprint density at radius 2 is 1.77 bits per heavy atom. The largest absolute Gasteiger partial charge is 0.397 e. The molecule has 0 aliphatic carbocycles. The molecule has 1 aliphatic rings. The van der Waals surface area contributed by atoms with Crippen LogP contribution >= 0.6 is 0 Å². The molecule has 0 spiro atoms. The third kappa shape index (κ3) is 3.08. The Hall–Kier alpha value is -3.32. The number of nitrogens with two attached hydrogens (primary N) is 1. The Labute approximate surface area is 179 Å². The molecule has 4 N–H and O–H groups in total. The number of nitrogens with zero attached hydrogens (tertiary/aromatic N) is 2. The highest BCUT2D eigenvalue weighted by molar-refractivity contribution is 6.02. The molecule has 0 bridgehead atoms. The summed E-state index contributed by atoms with van der Waals surface area (Å²) in [7, 11) is 2.14. The van der Waals surface area contributed by atoms with Gasteiger partial charge in [-0.3, -0.25) is 4.79 Å². The molecule has 7 heteroatoms. The van der Waals surface area contributed by atoms with Crippen molar-refractivity contribution in [1.29, 1.82) is 0 Å². The number of pyridine rings is 1. The predicted octanol–water partition coefficient (Wildman–Crippen LogP) is 3.77. The molecule has 4 aromatic rings. The lowest BCUT2D eigenvalue weighted by Crippen LogP contribution is -2.44. The van der Waals surface area contributed by atoms with Crippen LogP contribution in [0.15, 0.2) is 35.1 Å². The lowest BCUT2D eigenvalue weighted by molar-refractivity contribution is 0.313. The fraction of sp³-hybridized carbons (Fsp3) is 0.292. The van der Waals surface area contributed by atoms with E-state index < -0.39 is 5.82 Å². The molecule has 5 rings (SSSR count). The second-order valence-corrected chi connectivity index (χ2v) is 8.50. The average Bonchev–Trinajstić information content (AvgIpc) is 3.06. The van der Waals surface area contributed by atoms with Gasteiger partial charge in [0.25, 0.3) is 5.56 Å². The van der Waals surface area contributed by atoms with E-state index in [1.807, 2.05) is 13.8 Å². The highest BCUT2D eigenvalue weighted by atomic mass is 19.1. The van der Waals surface area contributed by atoms with Crippen LogP contribution in [0.25, 0.3) is 33.1 Å². The molecule has 1 aliphatic heterocycles. The summed E-state index contributed by atoms with van der Waals surface area (Å²) in [6.07, 6.45) is 0. The number of nitrogen functional groups attached to an aromatic ring is 1. The molecule has 1 saturated heterocycles. The summed E-state index contributed by atoms with van der Waals surface area (Å²) in [5.74, 6) is -0.443. The van der Waals surface area contributed by atoms with Gasteiger partial charge < -0.3 is 25.5 Å². The van der Waals surface area contributed by atoms with Gasteiger partial charge in [0.1, 0.15) is 5.82 Å². The quantitative estimate of drug-likeness (QED) is 0.462. The number of benzene rings is 2. The summed E-state index contributed by atoms with van der Waals surface area (Å²) < 4.78 is 14.6. The van der Waals surface area contributed by atoms with E-state index in [0.29, 0.717) is 11.2 Å². The van der Waals surface area contributed by atoms with Crippen LogP contribution in [0.3, 0.4) is 0 Å². The number of hydrogen-bond donors (Lipinski definition) is 3. The zero-order valence-electron chi connectivity index (χ0n) is 18.0. The minimum Gasteiger partial charge on any atom is -0.397 e. The first kappa shape index (κ1) is 19.6. The van der Waals surface area contributed by atoms with Gasteiger partial charge in [0.15, 0.2) is 0 Å². The summed E-state index contributed by atoms with van der Waals surface area (Å²) in [5, 5.41) is 1.28. The number of piperazine rings is 1. The maximum atomic E-state index is 14.6. The van der Waals surface area contributed by atoms with Gasteiger partial charge in [-0.15, -0.1) is 0 Å². The minimum atomic E-state index is -0.443. The Morgan fingerprint density at radius 3 is 2.52 bits per heavy atom. The van der Waals surface area contributed by atoms with Crippen molar-refractivity contribution in [2.45, 2.75) is 13.8 Å². The van der Waals surface area contributed by atoms with Crippen LogP contribution in [0.5, 0.6) is 0 Å². The van der Waals surface area contributed by atoms with Crippen LogP contribution in [-0.4, -0.2) is 48.1 Å². The van der Waals surface area contributed by atoms with Crippen molar-refractivity contribution in [1.82, 2.24) is 14.9 Å². The number of aromatic amines is 2. The fourth-order valence-corrected chi connectivity index (χ4v) is 4.61. The van der Waals surface area contributed by atoms with Crippen molar-refractivity contribution in [3.8, 4) is 11.3 Å². The van der Waals surface area contributed by atoms with Crippen molar-refractivity contribution in [3.05, 3.63) is 57.6 Å². The predicted molar refractivity (Wildman–Crippen MR) is 125 cm³/mol. The SMILES string of the molecule is Cc1c(-c2c(N)c3c(F)ccc(C)c3[nH]c2=O)[nH]c2cc(N3CCN(C)CC3)ccc12. The summed E-state index contributed by atoms with van der Waals surface area (Å²) in [6, 6.07) is 9.34.